The van der Waals surface area contributed by atoms with Crippen LogP contribution in [0.15, 0.2) is 65.8 Å². The van der Waals surface area contributed by atoms with E-state index in [0.717, 1.165) is 27.1 Å². The van der Waals surface area contributed by atoms with Crippen LogP contribution >= 0.6 is 0 Å². The van der Waals surface area contributed by atoms with E-state index in [4.69, 9.17) is 9.47 Å². The Morgan fingerprint density at radius 2 is 1.53 bits per heavy atom. The van der Waals surface area contributed by atoms with Crippen molar-refractivity contribution < 1.29 is 19.1 Å². The van der Waals surface area contributed by atoms with Gasteiger partial charge in [0.1, 0.15) is 17.0 Å². The maximum atomic E-state index is 13.0. The summed E-state index contributed by atoms with van der Waals surface area (Å²) in [5.74, 6) is 1.00. The lowest BCUT2D eigenvalue weighted by atomic mass is 9.92. The molecule has 1 heterocycles. The maximum absolute atomic E-state index is 13.0. The van der Waals surface area contributed by atoms with Crippen LogP contribution in [0, 0.1) is 0 Å². The molecule has 1 aliphatic heterocycles. The average molecular weight is 403 g/mol. The average Bonchev–Trinajstić information content (AvgIpc) is 3.00. The van der Waals surface area contributed by atoms with Crippen LogP contribution in [0.4, 0.5) is 4.79 Å². The molecule has 152 valence electrons. The van der Waals surface area contributed by atoms with Crippen molar-refractivity contribution in [3.05, 3.63) is 71.8 Å². The molecule has 1 saturated heterocycles. The molecule has 30 heavy (non-hydrogen) atoms. The van der Waals surface area contributed by atoms with Gasteiger partial charge in [0.25, 0.3) is 5.91 Å². The minimum Gasteiger partial charge on any atom is -0.497 e. The van der Waals surface area contributed by atoms with Crippen LogP contribution in [-0.4, -0.2) is 37.4 Å². The Balaban J connectivity index is 1.58. The van der Waals surface area contributed by atoms with Gasteiger partial charge < -0.3 is 14.8 Å². The summed E-state index contributed by atoms with van der Waals surface area (Å²) >= 11 is 0. The van der Waals surface area contributed by atoms with Crippen molar-refractivity contribution in [3.8, 4) is 11.5 Å². The van der Waals surface area contributed by atoms with Gasteiger partial charge in [0.2, 0.25) is 0 Å². The van der Waals surface area contributed by atoms with E-state index in [-0.39, 0.29) is 0 Å². The fraction of sp³-hybridized carbons (Fsp3) is 0.174. The van der Waals surface area contributed by atoms with Crippen molar-refractivity contribution in [2.24, 2.45) is 5.10 Å². The van der Waals surface area contributed by atoms with Crippen LogP contribution in [0.1, 0.15) is 18.1 Å². The van der Waals surface area contributed by atoms with Gasteiger partial charge >= 0.3 is 6.03 Å². The lowest BCUT2D eigenvalue weighted by Gasteiger charge is -2.21. The van der Waals surface area contributed by atoms with Crippen molar-refractivity contribution in [3.63, 3.8) is 0 Å². The van der Waals surface area contributed by atoms with E-state index >= 15 is 0 Å². The fourth-order valence-electron chi connectivity index (χ4n) is 3.42. The molecule has 0 bridgehead atoms. The quantitative estimate of drug-likeness (QED) is 0.521. The van der Waals surface area contributed by atoms with E-state index in [2.05, 4.69) is 10.4 Å². The van der Waals surface area contributed by atoms with Gasteiger partial charge in [0.05, 0.1) is 20.4 Å². The highest BCUT2D eigenvalue weighted by Crippen LogP contribution is 2.30. The topological polar surface area (TPSA) is 80.2 Å². The second-order valence-electron chi connectivity index (χ2n) is 7.12. The lowest BCUT2D eigenvalue weighted by Crippen LogP contribution is -2.40. The third kappa shape index (κ3) is 3.34. The number of methoxy groups -OCH3 is 2. The zero-order valence-electron chi connectivity index (χ0n) is 16.9. The summed E-state index contributed by atoms with van der Waals surface area (Å²) in [6.07, 6.45) is 1.50. The fourth-order valence-corrected chi connectivity index (χ4v) is 3.42. The molecule has 1 aliphatic rings. The monoisotopic (exact) mass is 403 g/mol. The second-order valence-corrected chi connectivity index (χ2v) is 7.12. The number of nitrogens with zero attached hydrogens (tertiary/aromatic N) is 2. The molecule has 0 aromatic heterocycles. The van der Waals surface area contributed by atoms with Crippen molar-refractivity contribution >= 4 is 28.9 Å². The summed E-state index contributed by atoms with van der Waals surface area (Å²) in [7, 11) is 3.19. The molecule has 1 N–H and O–H groups in total. The Hall–Kier alpha value is -3.87. The van der Waals surface area contributed by atoms with Gasteiger partial charge in [-0.3, -0.25) is 4.79 Å². The number of imide groups is 1. The first kappa shape index (κ1) is 19.4. The molecule has 3 aromatic carbocycles. The molecule has 1 atom stereocenters. The Kier molecular flexibility index (Phi) is 4.87. The second kappa shape index (κ2) is 7.51. The molecule has 0 aliphatic carbocycles. The van der Waals surface area contributed by atoms with Gasteiger partial charge in [-0.1, -0.05) is 30.3 Å². The molecular weight excluding hydrogens is 382 g/mol. The first-order valence-electron chi connectivity index (χ1n) is 9.37. The number of rotatable bonds is 5. The van der Waals surface area contributed by atoms with Crippen LogP contribution in [-0.2, 0) is 10.3 Å². The summed E-state index contributed by atoms with van der Waals surface area (Å²) < 4.78 is 10.4. The molecule has 0 spiro atoms. The molecule has 1 fully saturated rings. The molecule has 7 heteroatoms. The van der Waals surface area contributed by atoms with Gasteiger partial charge in [0, 0.05) is 0 Å². The van der Waals surface area contributed by atoms with Crippen molar-refractivity contribution in [2.45, 2.75) is 12.5 Å². The summed E-state index contributed by atoms with van der Waals surface area (Å²) in [5, 5.41) is 9.76. The van der Waals surface area contributed by atoms with E-state index < -0.39 is 17.5 Å². The molecular formula is C23H21N3O4. The van der Waals surface area contributed by atoms with Crippen molar-refractivity contribution in [1.82, 2.24) is 10.3 Å². The highest BCUT2D eigenvalue weighted by atomic mass is 16.5. The summed E-state index contributed by atoms with van der Waals surface area (Å²) in [4.78, 5) is 25.4. The van der Waals surface area contributed by atoms with Crippen molar-refractivity contribution in [1.29, 1.82) is 0 Å². The zero-order chi connectivity index (χ0) is 21.3. The minimum absolute atomic E-state index is 0.445. The number of ether oxygens (including phenoxy) is 2. The van der Waals surface area contributed by atoms with E-state index in [0.29, 0.717) is 11.3 Å². The molecule has 0 radical (unpaired) electrons. The molecule has 0 unspecified atom stereocenters. The predicted molar refractivity (Wildman–Crippen MR) is 114 cm³/mol. The molecule has 3 amide bonds. The Labute approximate surface area is 173 Å². The smallest absolute Gasteiger partial charge is 0.346 e. The van der Waals surface area contributed by atoms with E-state index in [1.54, 1.807) is 45.4 Å². The van der Waals surface area contributed by atoms with Gasteiger partial charge in [-0.15, -0.1) is 5.01 Å². The van der Waals surface area contributed by atoms with Gasteiger partial charge in [0.15, 0.2) is 0 Å². The largest absolute Gasteiger partial charge is 0.497 e. The first-order valence-corrected chi connectivity index (χ1v) is 9.37. The highest BCUT2D eigenvalue weighted by molar-refractivity contribution is 6.07. The number of carbonyl (C=O) groups is 2. The Morgan fingerprint density at radius 1 is 0.900 bits per heavy atom. The van der Waals surface area contributed by atoms with Crippen LogP contribution < -0.4 is 14.8 Å². The SMILES string of the molecule is COc1ccc([C@]2(C)NC(=O)N(/N=C\c3ccc4cc(OC)ccc4c3)C2=O)cc1. The Morgan fingerprint density at radius 3 is 2.23 bits per heavy atom. The number of fused-ring (bicyclic) bond motifs is 1. The number of hydrogen-bond donors (Lipinski definition) is 1. The predicted octanol–water partition coefficient (Wildman–Crippen LogP) is 3.66. The maximum Gasteiger partial charge on any atom is 0.346 e. The van der Waals surface area contributed by atoms with E-state index in [1.807, 2.05) is 36.4 Å². The van der Waals surface area contributed by atoms with Crippen LogP contribution in [0.25, 0.3) is 10.8 Å². The van der Waals surface area contributed by atoms with Crippen molar-refractivity contribution in [2.75, 3.05) is 14.2 Å². The molecule has 0 saturated carbocycles. The summed E-state index contributed by atoms with van der Waals surface area (Å²) in [5.41, 5.74) is 0.228. The lowest BCUT2D eigenvalue weighted by molar-refractivity contribution is -0.131. The van der Waals surface area contributed by atoms with E-state index in [1.165, 1.54) is 6.21 Å². The standard InChI is InChI=1S/C23H21N3O4/c1-23(18-7-10-19(29-2)11-8-18)21(27)26(22(28)25-23)24-14-15-4-5-17-13-20(30-3)9-6-16(17)12-15/h4-14H,1-3H3,(H,25,28)/b24-14-/t23-/m0/s1. The van der Waals surface area contributed by atoms with Crippen LogP contribution in [0.3, 0.4) is 0 Å². The van der Waals surface area contributed by atoms with E-state index in [9.17, 15) is 9.59 Å². The molecule has 4 rings (SSSR count). The van der Waals surface area contributed by atoms with Gasteiger partial charge in [-0.2, -0.15) is 5.10 Å². The first-order chi connectivity index (χ1) is 14.4. The number of nitrogens with one attached hydrogen (secondary N) is 1. The number of urea groups is 1. The zero-order valence-corrected chi connectivity index (χ0v) is 16.9. The number of carbonyl (C=O) groups excluding carboxylic acids is 2. The van der Waals surface area contributed by atoms with Gasteiger partial charge in [-0.05, 0) is 59.2 Å². The highest BCUT2D eigenvalue weighted by Gasteiger charge is 2.49. The normalized spacial score (nSPS) is 18.8. The third-order valence-corrected chi connectivity index (χ3v) is 5.23. The third-order valence-electron chi connectivity index (χ3n) is 5.23. The number of amides is 3. The Bertz CT molecular complexity index is 1160. The van der Waals surface area contributed by atoms with Gasteiger partial charge in [-0.25, -0.2) is 4.79 Å². The minimum atomic E-state index is -1.19. The summed E-state index contributed by atoms with van der Waals surface area (Å²) in [6.45, 7) is 1.66. The molecule has 3 aromatic rings. The van der Waals surface area contributed by atoms with Crippen LogP contribution in [0.2, 0.25) is 0 Å². The van der Waals surface area contributed by atoms with Crippen LogP contribution in [0.5, 0.6) is 11.5 Å². The number of hydrazone groups is 1. The number of hydrogen-bond acceptors (Lipinski definition) is 5. The summed E-state index contributed by atoms with van der Waals surface area (Å²) in [6, 6.07) is 17.9. The molecule has 7 nitrogen and oxygen atoms in total. The number of benzene rings is 3.